The molecule has 3 aromatic carbocycles. The monoisotopic (exact) mass is 802 g/mol. The second-order valence-electron chi connectivity index (χ2n) is 15.3. The van der Waals surface area contributed by atoms with Crippen LogP contribution in [-0.4, -0.2) is 84.5 Å². The van der Waals surface area contributed by atoms with Crippen molar-refractivity contribution in [2.45, 2.75) is 63.5 Å². The molecule has 0 radical (unpaired) electrons. The number of hydrogen-bond acceptors (Lipinski definition) is 8. The van der Waals surface area contributed by atoms with Crippen LogP contribution >= 0.6 is 23.8 Å². The number of aromatic nitrogens is 3. The SMILES string of the molecule is CC(C)(C)c1ccc(OCc2nn3c(C(=S)Nc4cc(S(=O)(=O)N5CCOCC5)ccc4N4CCOCC4)c(-c4ccc(Cl)cc4)c4c3n2CCCC4)cc1. The topological polar surface area (TPSA) is 103 Å². The van der Waals surface area contributed by atoms with E-state index in [0.717, 1.165) is 71.1 Å². The fourth-order valence-electron chi connectivity index (χ4n) is 7.72. The first-order chi connectivity index (χ1) is 26.5. The number of nitrogens with one attached hydrogen (secondary N) is 1. The van der Waals surface area contributed by atoms with Crippen molar-refractivity contribution >= 4 is 55.9 Å². The van der Waals surface area contributed by atoms with Crippen LogP contribution in [0.3, 0.4) is 0 Å². The minimum Gasteiger partial charge on any atom is -0.486 e. The van der Waals surface area contributed by atoms with Crippen LogP contribution in [0.15, 0.2) is 71.6 Å². The third-order valence-electron chi connectivity index (χ3n) is 10.7. The first-order valence-corrected chi connectivity index (χ1v) is 21.2. The molecule has 0 saturated carbocycles. The fraction of sp³-hybridized carbons (Fsp3) is 0.415. The molecule has 3 aliphatic rings. The molecule has 3 aliphatic heterocycles. The van der Waals surface area contributed by atoms with E-state index in [0.29, 0.717) is 68.3 Å². The summed E-state index contributed by atoms with van der Waals surface area (Å²) < 4.78 is 51.0. The van der Waals surface area contributed by atoms with Crippen LogP contribution in [0.25, 0.3) is 16.8 Å². The molecule has 11 nitrogen and oxygen atoms in total. The maximum atomic E-state index is 13.9. The molecule has 8 rings (SSSR count). The Balaban J connectivity index is 1.22. The Morgan fingerprint density at radius 3 is 2.29 bits per heavy atom. The van der Waals surface area contributed by atoms with E-state index in [-0.39, 0.29) is 16.9 Å². The molecule has 55 heavy (non-hydrogen) atoms. The summed E-state index contributed by atoms with van der Waals surface area (Å²) >= 11 is 12.8. The van der Waals surface area contributed by atoms with Crippen LogP contribution in [0, 0.1) is 0 Å². The van der Waals surface area contributed by atoms with Crippen molar-refractivity contribution in [3.05, 3.63) is 94.4 Å². The zero-order valence-electron chi connectivity index (χ0n) is 31.5. The van der Waals surface area contributed by atoms with Crippen molar-refractivity contribution < 1.29 is 22.6 Å². The molecule has 0 aliphatic carbocycles. The van der Waals surface area contributed by atoms with Gasteiger partial charge in [-0.25, -0.2) is 12.9 Å². The molecule has 2 aromatic heterocycles. The number of benzene rings is 3. The third kappa shape index (κ3) is 7.62. The molecule has 0 atom stereocenters. The quantitative estimate of drug-likeness (QED) is 0.154. The summed E-state index contributed by atoms with van der Waals surface area (Å²) in [5.74, 6) is 1.58. The zero-order valence-corrected chi connectivity index (χ0v) is 33.9. The number of thiocarbonyl (C=S) groups is 1. The third-order valence-corrected chi connectivity index (χ3v) is 13.1. The molecule has 2 fully saturated rings. The summed E-state index contributed by atoms with van der Waals surface area (Å²) in [5.41, 5.74) is 7.59. The lowest BCUT2D eigenvalue weighted by Gasteiger charge is -2.31. The zero-order chi connectivity index (χ0) is 38.3. The average Bonchev–Trinajstić information content (AvgIpc) is 3.59. The molecular weight excluding hydrogens is 756 g/mol. The van der Waals surface area contributed by atoms with Gasteiger partial charge in [0.2, 0.25) is 10.0 Å². The van der Waals surface area contributed by atoms with Gasteiger partial charge in [0, 0.05) is 48.9 Å². The lowest BCUT2D eigenvalue weighted by atomic mass is 9.87. The van der Waals surface area contributed by atoms with Gasteiger partial charge in [-0.1, -0.05) is 68.9 Å². The molecule has 1 N–H and O–H groups in total. The van der Waals surface area contributed by atoms with E-state index >= 15 is 0 Å². The van der Waals surface area contributed by atoms with Crippen molar-refractivity contribution in [2.75, 3.05) is 62.8 Å². The first-order valence-electron chi connectivity index (χ1n) is 19.0. The average molecular weight is 803 g/mol. The van der Waals surface area contributed by atoms with Gasteiger partial charge in [-0.3, -0.25) is 0 Å². The van der Waals surface area contributed by atoms with E-state index in [1.165, 1.54) is 9.87 Å². The van der Waals surface area contributed by atoms with Crippen LogP contribution in [0.5, 0.6) is 5.75 Å². The van der Waals surface area contributed by atoms with Gasteiger partial charge >= 0.3 is 0 Å². The van der Waals surface area contributed by atoms with E-state index in [1.807, 2.05) is 47.0 Å². The summed E-state index contributed by atoms with van der Waals surface area (Å²) in [6.07, 6.45) is 2.84. The number of rotatable bonds is 9. The van der Waals surface area contributed by atoms with Gasteiger partial charge in [0.05, 0.1) is 42.7 Å². The van der Waals surface area contributed by atoms with Crippen molar-refractivity contribution in [3.63, 3.8) is 0 Å². The van der Waals surface area contributed by atoms with Gasteiger partial charge in [0.25, 0.3) is 0 Å². The molecule has 0 unspecified atom stereocenters. The molecule has 5 aromatic rings. The Bertz CT molecular complexity index is 2300. The van der Waals surface area contributed by atoms with E-state index in [9.17, 15) is 8.42 Å². The Hall–Kier alpha value is -3.98. The molecule has 0 amide bonds. The highest BCUT2D eigenvalue weighted by molar-refractivity contribution is 7.89. The maximum Gasteiger partial charge on any atom is 0.243 e. The summed E-state index contributed by atoms with van der Waals surface area (Å²) in [6.45, 7) is 11.5. The summed E-state index contributed by atoms with van der Waals surface area (Å²) in [6, 6.07) is 21.4. The Labute approximate surface area is 333 Å². The summed E-state index contributed by atoms with van der Waals surface area (Å²) in [4.78, 5) is 2.83. The van der Waals surface area contributed by atoms with Crippen LogP contribution in [0.1, 0.15) is 56.3 Å². The van der Waals surface area contributed by atoms with Crippen molar-refractivity contribution in [1.29, 1.82) is 0 Å². The van der Waals surface area contributed by atoms with E-state index in [4.69, 9.17) is 43.1 Å². The molecular formula is C41H47ClN6O5S2. The fourth-order valence-corrected chi connectivity index (χ4v) is 9.58. The normalized spacial score (nSPS) is 17.0. The Kier molecular flexibility index (Phi) is 10.7. The number of nitrogens with zero attached hydrogens (tertiary/aromatic N) is 5. The van der Waals surface area contributed by atoms with Gasteiger partial charge in [-0.15, -0.1) is 5.10 Å². The predicted molar refractivity (Wildman–Crippen MR) is 220 cm³/mol. The van der Waals surface area contributed by atoms with E-state index in [2.05, 4.69) is 47.7 Å². The number of halogens is 1. The lowest BCUT2D eigenvalue weighted by molar-refractivity contribution is 0.0730. The number of ether oxygens (including phenoxy) is 3. The number of hydrogen-bond donors (Lipinski definition) is 1. The maximum absolute atomic E-state index is 13.9. The number of aryl methyl sites for hydroxylation is 2. The van der Waals surface area contributed by atoms with Crippen LogP contribution in [0.2, 0.25) is 5.02 Å². The highest BCUT2D eigenvalue weighted by atomic mass is 35.5. The van der Waals surface area contributed by atoms with Crippen LogP contribution in [-0.2, 0) is 44.5 Å². The molecule has 290 valence electrons. The number of anilines is 2. The highest BCUT2D eigenvalue weighted by Gasteiger charge is 2.32. The van der Waals surface area contributed by atoms with Crippen molar-refractivity contribution in [1.82, 2.24) is 18.5 Å². The lowest BCUT2D eigenvalue weighted by Crippen LogP contribution is -2.40. The van der Waals surface area contributed by atoms with E-state index < -0.39 is 10.0 Å². The van der Waals surface area contributed by atoms with Crippen molar-refractivity contribution in [3.8, 4) is 16.9 Å². The standard InChI is InChI=1S/C41H47ClN6O5S2/c1-41(2,3)29-9-13-31(14-10-29)53-27-36-44-48-38(37(28-7-11-30(42)12-8-28)33-6-4-5-17-47(36)40(33)48)39(54)43-34-26-32(55(49,50)46-20-24-52-25-21-46)15-16-35(34)45-18-22-51-23-19-45/h7-16,26H,4-6,17-25,27H2,1-3H3,(H,43,54). The van der Waals surface area contributed by atoms with Gasteiger partial charge in [0.15, 0.2) is 5.82 Å². The minimum absolute atomic E-state index is 0.0476. The summed E-state index contributed by atoms with van der Waals surface area (Å²) in [5, 5.41) is 9.40. The highest BCUT2D eigenvalue weighted by Crippen LogP contribution is 2.39. The van der Waals surface area contributed by atoms with E-state index in [1.54, 1.807) is 12.1 Å². The first kappa shape index (κ1) is 37.9. The number of sulfonamides is 1. The second kappa shape index (κ2) is 15.5. The van der Waals surface area contributed by atoms with Gasteiger partial charge in [0.1, 0.15) is 28.7 Å². The molecule has 0 spiro atoms. The molecule has 2 saturated heterocycles. The van der Waals surface area contributed by atoms with Crippen molar-refractivity contribution in [2.24, 2.45) is 0 Å². The smallest absolute Gasteiger partial charge is 0.243 e. The molecule has 5 heterocycles. The summed E-state index contributed by atoms with van der Waals surface area (Å²) in [7, 11) is -3.78. The largest absolute Gasteiger partial charge is 0.486 e. The van der Waals surface area contributed by atoms with Crippen LogP contribution in [0.4, 0.5) is 11.4 Å². The van der Waals surface area contributed by atoms with Gasteiger partial charge in [-0.2, -0.15) is 4.31 Å². The molecule has 0 bridgehead atoms. The number of morpholine rings is 2. The predicted octanol–water partition coefficient (Wildman–Crippen LogP) is 7.31. The Morgan fingerprint density at radius 1 is 0.909 bits per heavy atom. The van der Waals surface area contributed by atoms with Gasteiger partial charge < -0.3 is 29.0 Å². The molecule has 14 heteroatoms. The Morgan fingerprint density at radius 2 is 1.60 bits per heavy atom. The van der Waals surface area contributed by atoms with Gasteiger partial charge in [-0.05, 0) is 78.3 Å². The minimum atomic E-state index is -3.78. The van der Waals surface area contributed by atoms with Crippen LogP contribution < -0.4 is 15.0 Å². The second-order valence-corrected chi connectivity index (χ2v) is 18.1.